The topological polar surface area (TPSA) is 3.24 Å². The lowest BCUT2D eigenvalue weighted by Crippen LogP contribution is -2.44. The lowest BCUT2D eigenvalue weighted by molar-refractivity contribution is 0.138. The lowest BCUT2D eigenvalue weighted by Gasteiger charge is -2.35. The van der Waals surface area contributed by atoms with Crippen LogP contribution in [0.25, 0.3) is 0 Å². The number of hydrogen-bond acceptors (Lipinski definition) is 1. The van der Waals surface area contributed by atoms with Crippen LogP contribution in [0.1, 0.15) is 6.92 Å². The highest BCUT2D eigenvalue weighted by atomic mass is 15.2. The Morgan fingerprint density at radius 2 is 2.29 bits per heavy atom. The van der Waals surface area contributed by atoms with E-state index in [-0.39, 0.29) is 0 Å². The van der Waals surface area contributed by atoms with Crippen LogP contribution in [0.5, 0.6) is 0 Å². The van der Waals surface area contributed by atoms with Crippen LogP contribution in [0.4, 0.5) is 0 Å². The van der Waals surface area contributed by atoms with E-state index in [0.29, 0.717) is 0 Å². The molecule has 1 heterocycles. The number of hydrogen-bond donors (Lipinski definition) is 0. The summed E-state index contributed by atoms with van der Waals surface area (Å²) >= 11 is 0. The standard InChI is InChI=1S/C6H12N/c1-3-7-4-6(2)5-7/h6H,2-5H2,1H3. The van der Waals surface area contributed by atoms with E-state index in [1.807, 2.05) is 0 Å². The molecule has 1 fully saturated rings. The van der Waals surface area contributed by atoms with E-state index in [0.717, 1.165) is 5.92 Å². The van der Waals surface area contributed by atoms with Crippen LogP contribution in [-0.4, -0.2) is 24.5 Å². The Hall–Kier alpha value is -0.0400. The van der Waals surface area contributed by atoms with Gasteiger partial charge in [0, 0.05) is 13.1 Å². The Morgan fingerprint density at radius 3 is 2.43 bits per heavy atom. The maximum atomic E-state index is 3.90. The highest BCUT2D eigenvalue weighted by Crippen LogP contribution is 2.11. The molecule has 0 N–H and O–H groups in total. The Balaban J connectivity index is 2.06. The summed E-state index contributed by atoms with van der Waals surface area (Å²) in [6.45, 7) is 9.72. The molecule has 0 aliphatic carbocycles. The average Bonchev–Trinajstić information content (AvgIpc) is 1.58. The van der Waals surface area contributed by atoms with Crippen molar-refractivity contribution in [2.75, 3.05) is 19.6 Å². The van der Waals surface area contributed by atoms with E-state index < -0.39 is 0 Å². The molecule has 0 unspecified atom stereocenters. The first kappa shape index (κ1) is 5.10. The van der Waals surface area contributed by atoms with Crippen molar-refractivity contribution in [3.05, 3.63) is 6.92 Å². The number of rotatable bonds is 1. The van der Waals surface area contributed by atoms with Crippen molar-refractivity contribution in [3.63, 3.8) is 0 Å². The Bertz CT molecular complexity index is 55.2. The summed E-state index contributed by atoms with van der Waals surface area (Å²) in [5, 5.41) is 0. The second kappa shape index (κ2) is 1.83. The van der Waals surface area contributed by atoms with E-state index in [2.05, 4.69) is 18.7 Å². The van der Waals surface area contributed by atoms with Gasteiger partial charge in [0.2, 0.25) is 0 Å². The van der Waals surface area contributed by atoms with Crippen LogP contribution in [0, 0.1) is 12.8 Å². The Morgan fingerprint density at radius 1 is 1.71 bits per heavy atom. The van der Waals surface area contributed by atoms with Crippen LogP contribution in [-0.2, 0) is 0 Å². The minimum atomic E-state index is 0.722. The molecule has 1 nitrogen and oxygen atoms in total. The average molecular weight is 98.2 g/mol. The highest BCUT2D eigenvalue weighted by molar-refractivity contribution is 4.79. The SMILES string of the molecule is [CH2]C1CN(CC)C1. The van der Waals surface area contributed by atoms with Gasteiger partial charge in [-0.3, -0.25) is 0 Å². The summed E-state index contributed by atoms with van der Waals surface area (Å²) in [5.41, 5.74) is 0. The molecule has 1 radical (unpaired) electrons. The second-order valence-corrected chi connectivity index (χ2v) is 2.22. The molecule has 0 aromatic heterocycles. The normalized spacial score (nSPS) is 24.9. The summed E-state index contributed by atoms with van der Waals surface area (Å²) < 4.78 is 0. The largest absolute Gasteiger partial charge is 0.303 e. The van der Waals surface area contributed by atoms with Gasteiger partial charge in [-0.1, -0.05) is 6.92 Å². The summed E-state index contributed by atoms with van der Waals surface area (Å²) in [5.74, 6) is 0.722. The molecule has 1 saturated heterocycles. The molecular formula is C6H12N. The van der Waals surface area contributed by atoms with Gasteiger partial charge >= 0.3 is 0 Å². The minimum Gasteiger partial charge on any atom is -0.303 e. The van der Waals surface area contributed by atoms with Crippen LogP contribution in [0.3, 0.4) is 0 Å². The fraction of sp³-hybridized carbons (Fsp3) is 0.833. The van der Waals surface area contributed by atoms with Crippen molar-refractivity contribution in [1.29, 1.82) is 0 Å². The second-order valence-electron chi connectivity index (χ2n) is 2.22. The first-order chi connectivity index (χ1) is 3.33. The van der Waals surface area contributed by atoms with Gasteiger partial charge in [0.25, 0.3) is 0 Å². The van der Waals surface area contributed by atoms with Crippen molar-refractivity contribution in [2.24, 2.45) is 5.92 Å². The maximum Gasteiger partial charge on any atom is 0.00219 e. The zero-order valence-electron chi connectivity index (χ0n) is 4.85. The molecule has 0 aromatic carbocycles. The highest BCUT2D eigenvalue weighted by Gasteiger charge is 2.19. The summed E-state index contributed by atoms with van der Waals surface area (Å²) in [7, 11) is 0. The molecule has 0 aromatic rings. The molecule has 0 spiro atoms. The third kappa shape index (κ3) is 0.942. The molecule has 0 amide bonds. The quantitative estimate of drug-likeness (QED) is 0.468. The first-order valence-corrected chi connectivity index (χ1v) is 2.88. The summed E-state index contributed by atoms with van der Waals surface area (Å²) in [6.07, 6.45) is 0. The number of likely N-dealkylation sites (tertiary alicyclic amines) is 1. The van der Waals surface area contributed by atoms with Gasteiger partial charge < -0.3 is 4.90 Å². The van der Waals surface area contributed by atoms with Crippen LogP contribution in [0.15, 0.2) is 0 Å². The Kier molecular flexibility index (Phi) is 1.33. The third-order valence-electron chi connectivity index (χ3n) is 1.48. The molecule has 0 atom stereocenters. The maximum absolute atomic E-state index is 3.90. The van der Waals surface area contributed by atoms with Gasteiger partial charge in [-0.15, -0.1) is 0 Å². The molecular weight excluding hydrogens is 86.1 g/mol. The van der Waals surface area contributed by atoms with Crippen molar-refractivity contribution >= 4 is 0 Å². The van der Waals surface area contributed by atoms with Gasteiger partial charge in [-0.25, -0.2) is 0 Å². The van der Waals surface area contributed by atoms with E-state index in [9.17, 15) is 0 Å². The van der Waals surface area contributed by atoms with Gasteiger partial charge in [-0.2, -0.15) is 0 Å². The van der Waals surface area contributed by atoms with Crippen molar-refractivity contribution in [2.45, 2.75) is 6.92 Å². The predicted molar refractivity (Wildman–Crippen MR) is 31.0 cm³/mol. The van der Waals surface area contributed by atoms with Crippen molar-refractivity contribution in [1.82, 2.24) is 4.90 Å². The summed E-state index contributed by atoms with van der Waals surface area (Å²) in [6, 6.07) is 0. The lowest BCUT2D eigenvalue weighted by atomic mass is 10.0. The predicted octanol–water partition coefficient (Wildman–Crippen LogP) is 0.772. The molecule has 1 aliphatic heterocycles. The van der Waals surface area contributed by atoms with Crippen LogP contribution in [0.2, 0.25) is 0 Å². The molecule has 1 heteroatoms. The van der Waals surface area contributed by atoms with Gasteiger partial charge in [0.1, 0.15) is 0 Å². The van der Waals surface area contributed by atoms with E-state index >= 15 is 0 Å². The fourth-order valence-corrected chi connectivity index (χ4v) is 0.935. The smallest absolute Gasteiger partial charge is 0.00219 e. The molecule has 7 heavy (non-hydrogen) atoms. The number of nitrogens with zero attached hydrogens (tertiary/aromatic N) is 1. The van der Waals surface area contributed by atoms with Crippen LogP contribution < -0.4 is 0 Å². The Labute approximate surface area is 45.3 Å². The van der Waals surface area contributed by atoms with E-state index in [4.69, 9.17) is 0 Å². The van der Waals surface area contributed by atoms with Gasteiger partial charge in [0.15, 0.2) is 0 Å². The van der Waals surface area contributed by atoms with Crippen molar-refractivity contribution in [3.8, 4) is 0 Å². The first-order valence-electron chi connectivity index (χ1n) is 2.88. The van der Waals surface area contributed by atoms with E-state index in [1.165, 1.54) is 19.6 Å². The zero-order chi connectivity index (χ0) is 5.28. The zero-order valence-corrected chi connectivity index (χ0v) is 4.85. The monoisotopic (exact) mass is 98.1 g/mol. The minimum absolute atomic E-state index is 0.722. The van der Waals surface area contributed by atoms with Gasteiger partial charge in [0.05, 0.1) is 0 Å². The van der Waals surface area contributed by atoms with Gasteiger partial charge in [-0.05, 0) is 19.4 Å². The van der Waals surface area contributed by atoms with E-state index in [1.54, 1.807) is 0 Å². The van der Waals surface area contributed by atoms with Crippen molar-refractivity contribution < 1.29 is 0 Å². The molecule has 0 saturated carbocycles. The molecule has 41 valence electrons. The summed E-state index contributed by atoms with van der Waals surface area (Å²) in [4.78, 5) is 2.39. The molecule has 0 bridgehead atoms. The molecule has 1 rings (SSSR count). The third-order valence-corrected chi connectivity index (χ3v) is 1.48. The molecule has 1 aliphatic rings. The van der Waals surface area contributed by atoms with Crippen LogP contribution >= 0.6 is 0 Å². The fourth-order valence-electron chi connectivity index (χ4n) is 0.935.